The smallest absolute Gasteiger partial charge is 0.336 e. The average molecular weight is 258 g/mol. The van der Waals surface area contributed by atoms with E-state index in [1.54, 1.807) is 31.0 Å². The molecule has 0 atom stereocenters. The van der Waals surface area contributed by atoms with Crippen LogP contribution >= 0.6 is 0 Å². The minimum atomic E-state index is -1.04. The summed E-state index contributed by atoms with van der Waals surface area (Å²) in [4.78, 5) is 15.6. The van der Waals surface area contributed by atoms with Crippen LogP contribution in [0.5, 0.6) is 0 Å². The van der Waals surface area contributed by atoms with E-state index in [2.05, 4.69) is 15.2 Å². The van der Waals surface area contributed by atoms with Crippen molar-refractivity contribution in [3.8, 4) is 11.3 Å². The van der Waals surface area contributed by atoms with Crippen LogP contribution in [0, 0.1) is 6.92 Å². The lowest BCUT2D eigenvalue weighted by Gasteiger charge is -2.00. The van der Waals surface area contributed by atoms with Crippen molar-refractivity contribution in [1.82, 2.24) is 19.9 Å². The van der Waals surface area contributed by atoms with E-state index in [1.165, 1.54) is 6.07 Å². The number of hydrogen-bond acceptors (Lipinski definition) is 5. The van der Waals surface area contributed by atoms with Gasteiger partial charge in [0.2, 0.25) is 0 Å². The number of aryl methyl sites for hydroxylation is 2. The molecule has 0 saturated heterocycles. The van der Waals surface area contributed by atoms with E-state index in [1.807, 2.05) is 0 Å². The van der Waals surface area contributed by atoms with E-state index in [4.69, 9.17) is 4.52 Å². The number of carboxylic acids is 1. The Kier molecular flexibility index (Phi) is 2.34. The van der Waals surface area contributed by atoms with Gasteiger partial charge < -0.3 is 9.63 Å². The van der Waals surface area contributed by atoms with E-state index >= 15 is 0 Å². The molecule has 1 N–H and O–H groups in total. The molecule has 0 bridgehead atoms. The van der Waals surface area contributed by atoms with E-state index in [-0.39, 0.29) is 11.3 Å². The summed E-state index contributed by atoms with van der Waals surface area (Å²) >= 11 is 0. The number of fused-ring (bicyclic) bond motifs is 1. The lowest BCUT2D eigenvalue weighted by molar-refractivity contribution is 0.0699. The van der Waals surface area contributed by atoms with Gasteiger partial charge in [-0.05, 0) is 13.0 Å². The van der Waals surface area contributed by atoms with Crippen molar-refractivity contribution in [3.05, 3.63) is 29.7 Å². The Bertz CT molecular complexity index is 787. The fourth-order valence-corrected chi connectivity index (χ4v) is 1.96. The van der Waals surface area contributed by atoms with Gasteiger partial charge >= 0.3 is 5.97 Å². The second kappa shape index (κ2) is 3.91. The predicted molar refractivity (Wildman–Crippen MR) is 65.7 cm³/mol. The Balaban J connectivity index is 2.31. The van der Waals surface area contributed by atoms with Crippen molar-refractivity contribution in [2.75, 3.05) is 0 Å². The van der Waals surface area contributed by atoms with E-state index < -0.39 is 5.97 Å². The van der Waals surface area contributed by atoms with Crippen LogP contribution in [0.15, 0.2) is 23.0 Å². The minimum Gasteiger partial charge on any atom is -0.478 e. The zero-order chi connectivity index (χ0) is 13.6. The highest BCUT2D eigenvalue weighted by Crippen LogP contribution is 2.26. The van der Waals surface area contributed by atoms with Crippen LogP contribution in [0.4, 0.5) is 0 Å². The third-order valence-corrected chi connectivity index (χ3v) is 2.85. The first-order valence-electron chi connectivity index (χ1n) is 5.55. The lowest BCUT2D eigenvalue weighted by atomic mass is 10.1. The van der Waals surface area contributed by atoms with Crippen LogP contribution in [0.2, 0.25) is 0 Å². The molecule has 7 nitrogen and oxygen atoms in total. The van der Waals surface area contributed by atoms with Gasteiger partial charge in [0.1, 0.15) is 0 Å². The molecule has 3 aromatic heterocycles. The molecule has 0 fully saturated rings. The summed E-state index contributed by atoms with van der Waals surface area (Å²) in [5.41, 5.74) is 2.08. The maximum Gasteiger partial charge on any atom is 0.336 e. The molecule has 96 valence electrons. The Morgan fingerprint density at radius 2 is 2.26 bits per heavy atom. The molecule has 0 radical (unpaired) electrons. The number of aromatic nitrogens is 4. The number of aromatic carboxylic acids is 1. The highest BCUT2D eigenvalue weighted by atomic mass is 16.5. The van der Waals surface area contributed by atoms with Gasteiger partial charge in [-0.2, -0.15) is 5.10 Å². The van der Waals surface area contributed by atoms with Gasteiger partial charge in [0, 0.05) is 18.8 Å². The summed E-state index contributed by atoms with van der Waals surface area (Å²) < 4.78 is 6.68. The zero-order valence-electron chi connectivity index (χ0n) is 10.3. The van der Waals surface area contributed by atoms with Crippen molar-refractivity contribution in [1.29, 1.82) is 0 Å². The Morgan fingerprint density at radius 3 is 2.89 bits per heavy atom. The van der Waals surface area contributed by atoms with Crippen molar-refractivity contribution in [2.45, 2.75) is 6.92 Å². The minimum absolute atomic E-state index is 0.127. The maximum atomic E-state index is 11.3. The van der Waals surface area contributed by atoms with Gasteiger partial charge in [-0.25, -0.2) is 9.78 Å². The van der Waals surface area contributed by atoms with E-state index in [0.717, 1.165) is 5.56 Å². The van der Waals surface area contributed by atoms with Crippen LogP contribution in [0.1, 0.15) is 16.1 Å². The van der Waals surface area contributed by atoms with Gasteiger partial charge in [-0.1, -0.05) is 5.16 Å². The quantitative estimate of drug-likeness (QED) is 0.750. The van der Waals surface area contributed by atoms with Gasteiger partial charge in [0.15, 0.2) is 0 Å². The monoisotopic (exact) mass is 258 g/mol. The molecule has 0 unspecified atom stereocenters. The van der Waals surface area contributed by atoms with Crippen molar-refractivity contribution in [2.24, 2.45) is 7.05 Å². The summed E-state index contributed by atoms with van der Waals surface area (Å²) in [6, 6.07) is 1.51. The molecule has 7 heteroatoms. The first-order valence-corrected chi connectivity index (χ1v) is 5.55. The van der Waals surface area contributed by atoms with Crippen LogP contribution < -0.4 is 0 Å². The summed E-state index contributed by atoms with van der Waals surface area (Å²) in [7, 11) is 1.78. The lowest BCUT2D eigenvalue weighted by Crippen LogP contribution is -1.99. The molecular weight excluding hydrogens is 248 g/mol. The molecule has 3 heterocycles. The number of carboxylic acid groups (broad SMARTS) is 1. The first-order chi connectivity index (χ1) is 9.06. The van der Waals surface area contributed by atoms with Crippen LogP contribution in [0.3, 0.4) is 0 Å². The molecule has 0 aliphatic rings. The van der Waals surface area contributed by atoms with Crippen LogP contribution in [-0.4, -0.2) is 31.0 Å². The Labute approximate surface area is 107 Å². The molecule has 0 amide bonds. The molecule has 3 rings (SSSR count). The second-order valence-corrected chi connectivity index (χ2v) is 4.21. The number of hydrogen-bond donors (Lipinski definition) is 1. The van der Waals surface area contributed by atoms with Crippen molar-refractivity contribution in [3.63, 3.8) is 0 Å². The third-order valence-electron chi connectivity index (χ3n) is 2.85. The van der Waals surface area contributed by atoms with Crippen LogP contribution in [0.25, 0.3) is 22.4 Å². The average Bonchev–Trinajstić information content (AvgIpc) is 2.95. The maximum absolute atomic E-state index is 11.3. The van der Waals surface area contributed by atoms with Gasteiger partial charge in [0.05, 0.1) is 28.5 Å². The fraction of sp³-hybridized carbons (Fsp3) is 0.167. The van der Waals surface area contributed by atoms with Crippen LogP contribution in [-0.2, 0) is 7.05 Å². The highest BCUT2D eigenvalue weighted by Gasteiger charge is 2.18. The van der Waals surface area contributed by atoms with Crippen molar-refractivity contribution >= 4 is 17.1 Å². The summed E-state index contributed by atoms with van der Waals surface area (Å²) in [5.74, 6) is -1.04. The molecule has 0 aromatic carbocycles. The Morgan fingerprint density at radius 1 is 1.47 bits per heavy atom. The van der Waals surface area contributed by atoms with E-state index in [0.29, 0.717) is 16.8 Å². The SMILES string of the molecule is Cc1noc2nc(-c3cnn(C)c3)cc(C(=O)O)c12. The number of rotatable bonds is 2. The largest absolute Gasteiger partial charge is 0.478 e. The van der Waals surface area contributed by atoms with E-state index in [9.17, 15) is 9.90 Å². The van der Waals surface area contributed by atoms with Gasteiger partial charge in [0.25, 0.3) is 5.71 Å². The van der Waals surface area contributed by atoms with Crippen molar-refractivity contribution < 1.29 is 14.4 Å². The predicted octanol–water partition coefficient (Wildman–Crippen LogP) is 1.63. The molecular formula is C12H10N4O3. The molecule has 0 saturated carbocycles. The standard InChI is InChI=1S/C12H10N4O3/c1-6-10-8(12(17)18)3-9(14-11(10)19-15-6)7-4-13-16(2)5-7/h3-5H,1-2H3,(H,17,18). The zero-order valence-corrected chi connectivity index (χ0v) is 10.3. The van der Waals surface area contributed by atoms with Gasteiger partial charge in [-0.3, -0.25) is 4.68 Å². The first kappa shape index (κ1) is 11.4. The highest BCUT2D eigenvalue weighted by molar-refractivity contribution is 6.03. The Hall–Kier alpha value is -2.70. The molecule has 19 heavy (non-hydrogen) atoms. The van der Waals surface area contributed by atoms with Gasteiger partial charge in [-0.15, -0.1) is 0 Å². The number of pyridine rings is 1. The topological polar surface area (TPSA) is 94.0 Å². The normalized spacial score (nSPS) is 11.1. The second-order valence-electron chi connectivity index (χ2n) is 4.21. The fourth-order valence-electron chi connectivity index (χ4n) is 1.96. The summed E-state index contributed by atoms with van der Waals surface area (Å²) in [6.45, 7) is 1.68. The molecule has 3 aromatic rings. The number of nitrogens with zero attached hydrogens (tertiary/aromatic N) is 4. The summed E-state index contributed by atoms with van der Waals surface area (Å²) in [5, 5.41) is 17.5. The third kappa shape index (κ3) is 1.75. The molecule has 0 aliphatic carbocycles. The number of carbonyl (C=O) groups is 1. The molecule has 0 spiro atoms. The molecule has 0 aliphatic heterocycles. The summed E-state index contributed by atoms with van der Waals surface area (Å²) in [6.07, 6.45) is 3.37.